The lowest BCUT2D eigenvalue weighted by atomic mass is 10.2. The van der Waals surface area contributed by atoms with E-state index in [9.17, 15) is 5.11 Å². The van der Waals surface area contributed by atoms with Crippen molar-refractivity contribution in [1.29, 1.82) is 0 Å². The zero-order chi connectivity index (χ0) is 15.8. The molecule has 2 aromatic heterocycles. The highest BCUT2D eigenvalue weighted by molar-refractivity contribution is 6.05. The van der Waals surface area contributed by atoms with E-state index in [0.29, 0.717) is 12.3 Å². The Morgan fingerprint density at radius 3 is 2.74 bits per heavy atom. The Morgan fingerprint density at radius 1 is 1.04 bits per heavy atom. The maximum atomic E-state index is 9.36. The third kappa shape index (κ3) is 2.28. The number of nitrogens with zero attached hydrogens (tertiary/aromatic N) is 1. The third-order valence-corrected chi connectivity index (χ3v) is 4.12. The van der Waals surface area contributed by atoms with E-state index in [1.165, 1.54) is 0 Å². The molecular formula is C19H17NO3. The van der Waals surface area contributed by atoms with Crippen molar-refractivity contribution in [3.05, 3.63) is 65.9 Å². The van der Waals surface area contributed by atoms with E-state index in [2.05, 4.69) is 16.7 Å². The van der Waals surface area contributed by atoms with Crippen molar-refractivity contribution >= 4 is 22.0 Å². The predicted octanol–water partition coefficient (Wildman–Crippen LogP) is 3.94. The van der Waals surface area contributed by atoms with E-state index in [4.69, 9.17) is 9.15 Å². The summed E-state index contributed by atoms with van der Waals surface area (Å²) in [5.41, 5.74) is 4.10. The van der Waals surface area contributed by atoms with Gasteiger partial charge in [-0.2, -0.15) is 0 Å². The van der Waals surface area contributed by atoms with Crippen molar-refractivity contribution in [2.75, 3.05) is 7.11 Å². The molecule has 0 aliphatic carbocycles. The molecule has 23 heavy (non-hydrogen) atoms. The fraction of sp³-hybridized carbons (Fsp3) is 0.158. The van der Waals surface area contributed by atoms with Gasteiger partial charge in [0.2, 0.25) is 0 Å². The van der Waals surface area contributed by atoms with Gasteiger partial charge in [0.15, 0.2) is 5.58 Å². The second-order valence-corrected chi connectivity index (χ2v) is 5.54. The first kappa shape index (κ1) is 13.9. The monoisotopic (exact) mass is 307 g/mol. The minimum Gasteiger partial charge on any atom is -0.497 e. The second-order valence-electron chi connectivity index (χ2n) is 5.54. The molecule has 0 radical (unpaired) electrons. The number of aromatic nitrogens is 1. The van der Waals surface area contributed by atoms with Crippen LogP contribution in [0.25, 0.3) is 22.0 Å². The number of aliphatic hydroxyl groups excluding tert-OH is 1. The van der Waals surface area contributed by atoms with Crippen LogP contribution >= 0.6 is 0 Å². The van der Waals surface area contributed by atoms with E-state index >= 15 is 0 Å². The Balaban J connectivity index is 1.90. The van der Waals surface area contributed by atoms with Gasteiger partial charge >= 0.3 is 0 Å². The Bertz CT molecular complexity index is 981. The van der Waals surface area contributed by atoms with Gasteiger partial charge in [-0.15, -0.1) is 0 Å². The highest BCUT2D eigenvalue weighted by Gasteiger charge is 2.15. The van der Waals surface area contributed by atoms with Crippen LogP contribution in [0.4, 0.5) is 0 Å². The van der Waals surface area contributed by atoms with Crippen LogP contribution in [0, 0.1) is 0 Å². The maximum Gasteiger partial charge on any atom is 0.160 e. The number of aliphatic hydroxyl groups is 1. The number of hydrogen-bond acceptors (Lipinski definition) is 3. The topological polar surface area (TPSA) is 47.5 Å². The van der Waals surface area contributed by atoms with E-state index in [-0.39, 0.29) is 6.61 Å². The van der Waals surface area contributed by atoms with Crippen LogP contribution in [0.2, 0.25) is 0 Å². The lowest BCUT2D eigenvalue weighted by Crippen LogP contribution is -1.99. The highest BCUT2D eigenvalue weighted by atomic mass is 16.5. The van der Waals surface area contributed by atoms with Crippen LogP contribution in [-0.4, -0.2) is 16.8 Å². The molecule has 0 spiro atoms. The Labute approximate surface area is 133 Å². The van der Waals surface area contributed by atoms with Gasteiger partial charge in [0.05, 0.1) is 18.1 Å². The number of hydrogen-bond donors (Lipinski definition) is 1. The predicted molar refractivity (Wildman–Crippen MR) is 89.7 cm³/mol. The fourth-order valence-electron chi connectivity index (χ4n) is 3.06. The van der Waals surface area contributed by atoms with Gasteiger partial charge in [-0.25, -0.2) is 0 Å². The first-order valence-corrected chi connectivity index (χ1v) is 7.53. The average Bonchev–Trinajstić information content (AvgIpc) is 3.14. The molecule has 0 aliphatic heterocycles. The number of benzene rings is 2. The quantitative estimate of drug-likeness (QED) is 0.621. The molecule has 0 unspecified atom stereocenters. The second kappa shape index (κ2) is 5.48. The van der Waals surface area contributed by atoms with E-state index < -0.39 is 0 Å². The summed E-state index contributed by atoms with van der Waals surface area (Å²) in [5, 5.41) is 10.4. The van der Waals surface area contributed by atoms with Crippen LogP contribution in [0.5, 0.6) is 5.75 Å². The minimum atomic E-state index is -0.0951. The normalized spacial score (nSPS) is 11.4. The van der Waals surface area contributed by atoms with Crippen molar-refractivity contribution in [2.45, 2.75) is 13.2 Å². The number of fused-ring (bicyclic) bond motifs is 3. The summed E-state index contributed by atoms with van der Waals surface area (Å²) >= 11 is 0. The molecule has 0 saturated heterocycles. The number of para-hydroxylation sites is 1. The number of ether oxygens (including phenoxy) is 1. The van der Waals surface area contributed by atoms with Crippen LogP contribution in [-0.2, 0) is 13.2 Å². The van der Waals surface area contributed by atoms with Crippen molar-refractivity contribution in [2.24, 2.45) is 0 Å². The molecule has 0 aliphatic rings. The summed E-state index contributed by atoms with van der Waals surface area (Å²) in [7, 11) is 1.67. The van der Waals surface area contributed by atoms with E-state index in [1.54, 1.807) is 7.11 Å². The van der Waals surface area contributed by atoms with Gasteiger partial charge < -0.3 is 18.8 Å². The smallest absolute Gasteiger partial charge is 0.160 e. The minimum absolute atomic E-state index is 0.0951. The number of furan rings is 1. The molecular weight excluding hydrogens is 290 g/mol. The summed E-state index contributed by atoms with van der Waals surface area (Å²) in [5.74, 6) is 1.43. The van der Waals surface area contributed by atoms with Crippen molar-refractivity contribution in [3.63, 3.8) is 0 Å². The molecule has 2 aromatic carbocycles. The molecule has 0 amide bonds. The summed E-state index contributed by atoms with van der Waals surface area (Å²) in [6, 6.07) is 18.1. The average molecular weight is 307 g/mol. The lowest BCUT2D eigenvalue weighted by molar-refractivity contribution is 0.251. The lowest BCUT2D eigenvalue weighted by Gasteiger charge is -2.08. The van der Waals surface area contributed by atoms with Crippen LogP contribution in [0.3, 0.4) is 0 Å². The van der Waals surface area contributed by atoms with Gasteiger partial charge in [0, 0.05) is 18.0 Å². The molecule has 0 atom stereocenters. The number of methoxy groups -OCH3 is 1. The summed E-state index contributed by atoms with van der Waals surface area (Å²) in [4.78, 5) is 0. The largest absolute Gasteiger partial charge is 0.497 e. The van der Waals surface area contributed by atoms with Crippen molar-refractivity contribution in [3.8, 4) is 5.75 Å². The van der Waals surface area contributed by atoms with Crippen molar-refractivity contribution < 1.29 is 14.3 Å². The molecule has 1 N–H and O–H groups in total. The molecule has 0 bridgehead atoms. The summed E-state index contributed by atoms with van der Waals surface area (Å²) in [6.45, 7) is 0.619. The van der Waals surface area contributed by atoms with Gasteiger partial charge in [-0.05, 0) is 29.8 Å². The van der Waals surface area contributed by atoms with E-state index in [1.807, 2.05) is 42.5 Å². The van der Waals surface area contributed by atoms with Gasteiger partial charge in [-0.1, -0.05) is 24.3 Å². The maximum absolute atomic E-state index is 9.36. The molecule has 4 aromatic rings. The summed E-state index contributed by atoms with van der Waals surface area (Å²) in [6.07, 6.45) is 0. The highest BCUT2D eigenvalue weighted by Crippen LogP contribution is 2.32. The first-order valence-electron chi connectivity index (χ1n) is 7.53. The summed E-state index contributed by atoms with van der Waals surface area (Å²) < 4.78 is 13.3. The third-order valence-electron chi connectivity index (χ3n) is 4.12. The Kier molecular flexibility index (Phi) is 3.32. The zero-order valence-corrected chi connectivity index (χ0v) is 12.8. The molecule has 0 saturated carbocycles. The molecule has 4 nitrogen and oxygen atoms in total. The molecule has 4 rings (SSSR count). The van der Waals surface area contributed by atoms with Crippen LogP contribution < -0.4 is 4.74 Å². The van der Waals surface area contributed by atoms with Gasteiger partial charge in [-0.3, -0.25) is 0 Å². The van der Waals surface area contributed by atoms with Crippen LogP contribution in [0.1, 0.15) is 11.3 Å². The Hall–Kier alpha value is -2.72. The van der Waals surface area contributed by atoms with Gasteiger partial charge in [0.25, 0.3) is 0 Å². The van der Waals surface area contributed by atoms with Crippen molar-refractivity contribution in [1.82, 2.24) is 4.57 Å². The fourth-order valence-corrected chi connectivity index (χ4v) is 3.06. The molecule has 2 heterocycles. The van der Waals surface area contributed by atoms with E-state index in [0.717, 1.165) is 33.3 Å². The standard InChI is InChI=1S/C19H17NO3/c1-22-14-6-4-5-13(9-14)11-20-17-8-3-2-7-16(17)19-18(20)10-15(12-21)23-19/h2-10,21H,11-12H2,1H3. The van der Waals surface area contributed by atoms with Crippen LogP contribution in [0.15, 0.2) is 59.0 Å². The molecule has 4 heteroatoms. The number of rotatable bonds is 4. The first-order chi connectivity index (χ1) is 11.3. The Morgan fingerprint density at radius 2 is 1.91 bits per heavy atom. The molecule has 116 valence electrons. The van der Waals surface area contributed by atoms with Gasteiger partial charge in [0.1, 0.15) is 18.1 Å². The molecule has 0 fully saturated rings. The SMILES string of the molecule is COc1cccc(Cn2c3ccccc3c3oc(CO)cc32)c1. The zero-order valence-electron chi connectivity index (χ0n) is 12.8.